The second kappa shape index (κ2) is 6.62. The van der Waals surface area contributed by atoms with Gasteiger partial charge in [-0.25, -0.2) is 4.79 Å². The molecule has 2 aromatic carbocycles. The van der Waals surface area contributed by atoms with E-state index < -0.39 is 5.97 Å². The molecule has 0 unspecified atom stereocenters. The molecule has 0 atom stereocenters. The molecule has 5 heteroatoms. The SMILES string of the molecule is COC(=O)c1ccc(N=Cc2c(O)cc(C)c(Cl)c2C)cc1. The van der Waals surface area contributed by atoms with Crippen molar-refractivity contribution in [3.05, 3.63) is 57.6 Å². The number of benzene rings is 2. The topological polar surface area (TPSA) is 58.9 Å². The summed E-state index contributed by atoms with van der Waals surface area (Å²) in [4.78, 5) is 15.7. The Kier molecular flexibility index (Phi) is 4.83. The van der Waals surface area contributed by atoms with E-state index in [-0.39, 0.29) is 5.75 Å². The van der Waals surface area contributed by atoms with Crippen LogP contribution in [0.3, 0.4) is 0 Å². The van der Waals surface area contributed by atoms with Crippen LogP contribution in [0, 0.1) is 13.8 Å². The maximum absolute atomic E-state index is 11.4. The van der Waals surface area contributed by atoms with Gasteiger partial charge in [0.25, 0.3) is 0 Å². The summed E-state index contributed by atoms with van der Waals surface area (Å²) in [7, 11) is 1.33. The number of phenolic OH excluding ortho intramolecular Hbond substituents is 1. The highest BCUT2D eigenvalue weighted by atomic mass is 35.5. The Balaban J connectivity index is 2.30. The Labute approximate surface area is 134 Å². The van der Waals surface area contributed by atoms with E-state index in [1.54, 1.807) is 36.5 Å². The molecule has 0 fully saturated rings. The molecule has 2 aromatic rings. The molecule has 4 nitrogen and oxygen atoms in total. The van der Waals surface area contributed by atoms with Crippen molar-refractivity contribution in [2.75, 3.05) is 7.11 Å². The number of aryl methyl sites for hydroxylation is 1. The number of aliphatic imine (C=N–C) groups is 1. The number of hydrogen-bond donors (Lipinski definition) is 1. The van der Waals surface area contributed by atoms with Gasteiger partial charge >= 0.3 is 5.97 Å². The van der Waals surface area contributed by atoms with Crippen LogP contribution < -0.4 is 0 Å². The highest BCUT2D eigenvalue weighted by Crippen LogP contribution is 2.30. The van der Waals surface area contributed by atoms with Crippen LogP contribution in [0.15, 0.2) is 35.3 Å². The Bertz CT molecular complexity index is 737. The average Bonchev–Trinajstić information content (AvgIpc) is 2.52. The molecule has 0 heterocycles. The average molecular weight is 318 g/mol. The Morgan fingerprint density at radius 3 is 2.50 bits per heavy atom. The van der Waals surface area contributed by atoms with E-state index in [0.29, 0.717) is 21.8 Å². The molecule has 0 bridgehead atoms. The largest absolute Gasteiger partial charge is 0.507 e. The molecular formula is C17H16ClNO3. The minimum Gasteiger partial charge on any atom is -0.507 e. The number of methoxy groups -OCH3 is 1. The summed E-state index contributed by atoms with van der Waals surface area (Å²) in [5.41, 5.74) is 3.28. The molecule has 0 saturated heterocycles. The number of carbonyl (C=O) groups is 1. The summed E-state index contributed by atoms with van der Waals surface area (Å²) in [5, 5.41) is 10.6. The normalized spacial score (nSPS) is 10.9. The predicted octanol–water partition coefficient (Wildman–Crippen LogP) is 4.20. The lowest BCUT2D eigenvalue weighted by atomic mass is 10.0. The molecule has 0 amide bonds. The highest BCUT2D eigenvalue weighted by Gasteiger charge is 2.09. The van der Waals surface area contributed by atoms with Crippen molar-refractivity contribution in [3.8, 4) is 5.75 Å². The highest BCUT2D eigenvalue weighted by molar-refractivity contribution is 6.32. The van der Waals surface area contributed by atoms with E-state index in [4.69, 9.17) is 11.6 Å². The van der Waals surface area contributed by atoms with E-state index in [2.05, 4.69) is 9.73 Å². The van der Waals surface area contributed by atoms with Gasteiger partial charge in [0.1, 0.15) is 5.75 Å². The van der Waals surface area contributed by atoms with E-state index in [0.717, 1.165) is 11.1 Å². The lowest BCUT2D eigenvalue weighted by Crippen LogP contribution is -1.99. The third-order valence-corrected chi connectivity index (χ3v) is 3.92. The van der Waals surface area contributed by atoms with Gasteiger partial charge in [0.05, 0.1) is 18.4 Å². The Morgan fingerprint density at radius 1 is 1.27 bits per heavy atom. The fourth-order valence-corrected chi connectivity index (χ4v) is 2.21. The van der Waals surface area contributed by atoms with Crippen molar-refractivity contribution in [2.24, 2.45) is 4.99 Å². The molecule has 22 heavy (non-hydrogen) atoms. The Hall–Kier alpha value is -2.33. The number of ether oxygens (including phenoxy) is 1. The molecule has 2 rings (SSSR count). The van der Waals surface area contributed by atoms with Crippen LogP contribution in [0.4, 0.5) is 5.69 Å². The number of phenols is 1. The molecule has 0 radical (unpaired) electrons. The zero-order valence-electron chi connectivity index (χ0n) is 12.6. The van der Waals surface area contributed by atoms with E-state index in [9.17, 15) is 9.90 Å². The third-order valence-electron chi connectivity index (χ3n) is 3.34. The first-order valence-corrected chi connectivity index (χ1v) is 7.03. The third kappa shape index (κ3) is 3.28. The maximum Gasteiger partial charge on any atom is 0.337 e. The van der Waals surface area contributed by atoms with E-state index in [1.807, 2.05) is 13.8 Å². The zero-order valence-corrected chi connectivity index (χ0v) is 13.3. The molecule has 0 aliphatic carbocycles. The number of aromatic hydroxyl groups is 1. The van der Waals surface area contributed by atoms with Crippen LogP contribution in [0.25, 0.3) is 0 Å². The molecule has 0 aromatic heterocycles. The second-order valence-electron chi connectivity index (χ2n) is 4.86. The van der Waals surface area contributed by atoms with Crippen LogP contribution in [0.2, 0.25) is 5.02 Å². The van der Waals surface area contributed by atoms with Crippen LogP contribution >= 0.6 is 11.6 Å². The fraction of sp³-hybridized carbons (Fsp3) is 0.176. The minimum atomic E-state index is -0.394. The standard InChI is InChI=1S/C17H16ClNO3/c1-10-8-15(20)14(11(2)16(10)18)9-19-13-6-4-12(5-7-13)17(21)22-3/h4-9,20H,1-3H3. The molecule has 1 N–H and O–H groups in total. The molecule has 114 valence electrons. The number of carbonyl (C=O) groups excluding carboxylic acids is 1. The van der Waals surface area contributed by atoms with Gasteiger partial charge in [-0.15, -0.1) is 0 Å². The van der Waals surface area contributed by atoms with E-state index >= 15 is 0 Å². The van der Waals surface area contributed by atoms with E-state index in [1.165, 1.54) is 7.11 Å². The zero-order chi connectivity index (χ0) is 16.3. The van der Waals surface area contributed by atoms with Crippen LogP contribution in [0.1, 0.15) is 27.0 Å². The monoisotopic (exact) mass is 317 g/mol. The number of nitrogens with zero attached hydrogens (tertiary/aromatic N) is 1. The quantitative estimate of drug-likeness (QED) is 0.681. The molecule has 0 spiro atoms. The summed E-state index contributed by atoms with van der Waals surface area (Å²) in [5.74, 6) is -0.260. The molecule has 0 aliphatic rings. The van der Waals surface area contributed by atoms with Crippen molar-refractivity contribution in [3.63, 3.8) is 0 Å². The lowest BCUT2D eigenvalue weighted by Gasteiger charge is -2.08. The smallest absolute Gasteiger partial charge is 0.337 e. The van der Waals surface area contributed by atoms with Crippen molar-refractivity contribution in [1.82, 2.24) is 0 Å². The van der Waals surface area contributed by atoms with Crippen molar-refractivity contribution < 1.29 is 14.6 Å². The maximum atomic E-state index is 11.4. The van der Waals surface area contributed by atoms with Gasteiger partial charge in [-0.3, -0.25) is 4.99 Å². The number of esters is 1. The van der Waals surface area contributed by atoms with Gasteiger partial charge in [-0.1, -0.05) is 11.6 Å². The fourth-order valence-electron chi connectivity index (χ4n) is 2.06. The summed E-state index contributed by atoms with van der Waals surface area (Å²) in [6.45, 7) is 3.66. The van der Waals surface area contributed by atoms with Crippen molar-refractivity contribution >= 4 is 29.5 Å². The summed E-state index contributed by atoms with van der Waals surface area (Å²) in [6.07, 6.45) is 1.56. The first kappa shape index (κ1) is 16.0. The molecule has 0 aliphatic heterocycles. The van der Waals surface area contributed by atoms with Gasteiger partial charge < -0.3 is 9.84 Å². The summed E-state index contributed by atoms with van der Waals surface area (Å²) >= 11 is 6.18. The van der Waals surface area contributed by atoms with Crippen molar-refractivity contribution in [2.45, 2.75) is 13.8 Å². The van der Waals surface area contributed by atoms with Crippen molar-refractivity contribution in [1.29, 1.82) is 0 Å². The van der Waals surface area contributed by atoms with Crippen LogP contribution in [-0.2, 0) is 4.74 Å². The first-order valence-electron chi connectivity index (χ1n) is 6.65. The van der Waals surface area contributed by atoms with Gasteiger partial charge in [0.2, 0.25) is 0 Å². The Morgan fingerprint density at radius 2 is 1.91 bits per heavy atom. The molecular weight excluding hydrogens is 302 g/mol. The number of halogens is 1. The minimum absolute atomic E-state index is 0.134. The van der Waals surface area contributed by atoms with Gasteiger partial charge in [-0.05, 0) is 55.3 Å². The lowest BCUT2D eigenvalue weighted by molar-refractivity contribution is 0.0601. The summed E-state index contributed by atoms with van der Waals surface area (Å²) in [6, 6.07) is 8.27. The first-order chi connectivity index (χ1) is 10.4. The van der Waals surface area contributed by atoms with Gasteiger partial charge in [0, 0.05) is 16.8 Å². The summed E-state index contributed by atoms with van der Waals surface area (Å²) < 4.78 is 4.64. The number of rotatable bonds is 3. The van der Waals surface area contributed by atoms with Gasteiger partial charge in [-0.2, -0.15) is 0 Å². The number of hydrogen-bond acceptors (Lipinski definition) is 4. The predicted molar refractivity (Wildman–Crippen MR) is 87.6 cm³/mol. The molecule has 0 saturated carbocycles. The van der Waals surface area contributed by atoms with Crippen LogP contribution in [-0.4, -0.2) is 24.4 Å². The van der Waals surface area contributed by atoms with Gasteiger partial charge in [0.15, 0.2) is 0 Å². The van der Waals surface area contributed by atoms with Crippen LogP contribution in [0.5, 0.6) is 5.75 Å². The second-order valence-corrected chi connectivity index (χ2v) is 5.24.